The summed E-state index contributed by atoms with van der Waals surface area (Å²) < 4.78 is 0. The molecule has 1 aliphatic carbocycles. The van der Waals surface area contributed by atoms with Crippen molar-refractivity contribution in [2.45, 2.75) is 45.1 Å². The Morgan fingerprint density at radius 2 is 2.27 bits per heavy atom. The predicted octanol–water partition coefficient (Wildman–Crippen LogP) is 2.51. The number of allylic oxidation sites excluding steroid dienone is 1. The first kappa shape index (κ1) is 15.3. The fourth-order valence-corrected chi connectivity index (χ4v) is 3.51. The first-order valence-corrected chi connectivity index (χ1v) is 8.51. The second-order valence-corrected chi connectivity index (χ2v) is 6.20. The number of carbonyl (C=O) groups excluding carboxylic acids is 1. The van der Waals surface area contributed by atoms with E-state index in [1.54, 1.807) is 6.20 Å². The highest BCUT2D eigenvalue weighted by molar-refractivity contribution is 5.93. The van der Waals surface area contributed by atoms with Crippen LogP contribution in [0, 0.1) is 0 Å². The molecule has 0 saturated carbocycles. The van der Waals surface area contributed by atoms with Gasteiger partial charge < -0.3 is 9.88 Å². The highest BCUT2D eigenvalue weighted by Crippen LogP contribution is 2.25. The minimum absolute atomic E-state index is 0.184. The number of H-pyrrole nitrogens is 1. The summed E-state index contributed by atoms with van der Waals surface area (Å²) in [5.74, 6) is 1.21. The van der Waals surface area contributed by atoms with Gasteiger partial charge >= 0.3 is 0 Å². The van der Waals surface area contributed by atoms with Crippen molar-refractivity contribution in [1.29, 1.82) is 0 Å². The van der Waals surface area contributed by atoms with Crippen LogP contribution >= 0.6 is 0 Å². The monoisotopic (exact) mass is 302 g/mol. The molecule has 1 aromatic heterocycles. The minimum Gasteiger partial charge on any atom is -0.347 e. The van der Waals surface area contributed by atoms with Crippen molar-refractivity contribution in [1.82, 2.24) is 19.8 Å². The van der Waals surface area contributed by atoms with E-state index in [1.807, 2.05) is 11.1 Å². The summed E-state index contributed by atoms with van der Waals surface area (Å²) in [5.41, 5.74) is 1.03. The highest BCUT2D eigenvalue weighted by Gasteiger charge is 2.32. The fraction of sp³-hybridized carbons (Fsp3) is 0.647. The summed E-state index contributed by atoms with van der Waals surface area (Å²) in [5, 5.41) is 0. The first-order chi connectivity index (χ1) is 10.8. The van der Waals surface area contributed by atoms with Crippen LogP contribution in [-0.4, -0.2) is 51.9 Å². The molecule has 2 heterocycles. The quantitative estimate of drug-likeness (QED) is 0.933. The van der Waals surface area contributed by atoms with Crippen molar-refractivity contribution in [3.8, 4) is 0 Å². The van der Waals surface area contributed by atoms with Crippen LogP contribution in [0.25, 0.3) is 0 Å². The Morgan fingerprint density at radius 1 is 1.36 bits per heavy atom. The van der Waals surface area contributed by atoms with Gasteiger partial charge in [0, 0.05) is 37.6 Å². The predicted molar refractivity (Wildman–Crippen MR) is 86.3 cm³/mol. The zero-order chi connectivity index (χ0) is 15.4. The van der Waals surface area contributed by atoms with Gasteiger partial charge in [0.05, 0.1) is 6.04 Å². The van der Waals surface area contributed by atoms with Gasteiger partial charge in [0.25, 0.3) is 0 Å². The molecule has 2 aliphatic rings. The highest BCUT2D eigenvalue weighted by atomic mass is 16.2. The average molecular weight is 302 g/mol. The van der Waals surface area contributed by atoms with E-state index >= 15 is 0 Å². The van der Waals surface area contributed by atoms with Gasteiger partial charge in [0.1, 0.15) is 5.82 Å². The lowest BCUT2D eigenvalue weighted by Gasteiger charge is -2.40. The number of nitrogens with one attached hydrogen (secondary N) is 1. The normalized spacial score (nSPS) is 24.0. The van der Waals surface area contributed by atoms with Gasteiger partial charge in [0.15, 0.2) is 0 Å². The SMILES string of the molecule is CCN1CCN(C(=O)C2=CCCCCC2)CC1c1ncc[nH]1. The lowest BCUT2D eigenvalue weighted by molar-refractivity contribution is -0.130. The number of rotatable bonds is 3. The molecule has 0 spiro atoms. The second-order valence-electron chi connectivity index (χ2n) is 6.20. The number of piperazine rings is 1. The Morgan fingerprint density at radius 3 is 3.05 bits per heavy atom. The number of likely N-dealkylation sites (N-methyl/N-ethyl adjacent to an activating group) is 1. The number of hydrogen-bond donors (Lipinski definition) is 1. The maximum atomic E-state index is 12.8. The molecule has 1 N–H and O–H groups in total. The standard InChI is InChI=1S/C17H26N4O/c1-2-20-11-12-21(13-15(20)16-18-9-10-19-16)17(22)14-7-5-3-4-6-8-14/h7,9-10,15H,2-6,8,11-13H2,1H3,(H,18,19). The van der Waals surface area contributed by atoms with E-state index in [-0.39, 0.29) is 11.9 Å². The summed E-state index contributed by atoms with van der Waals surface area (Å²) in [6.07, 6.45) is 11.4. The summed E-state index contributed by atoms with van der Waals surface area (Å²) in [7, 11) is 0. The van der Waals surface area contributed by atoms with Crippen molar-refractivity contribution in [3.05, 3.63) is 29.9 Å². The van der Waals surface area contributed by atoms with Crippen LogP contribution in [0.4, 0.5) is 0 Å². The van der Waals surface area contributed by atoms with E-state index in [0.717, 1.165) is 56.8 Å². The van der Waals surface area contributed by atoms with Gasteiger partial charge in [-0.05, 0) is 32.2 Å². The van der Waals surface area contributed by atoms with Crippen LogP contribution < -0.4 is 0 Å². The largest absolute Gasteiger partial charge is 0.347 e. The van der Waals surface area contributed by atoms with Crippen molar-refractivity contribution in [3.63, 3.8) is 0 Å². The Kier molecular flexibility index (Phi) is 4.93. The number of amides is 1. The molecular formula is C17H26N4O. The Hall–Kier alpha value is -1.62. The lowest BCUT2D eigenvalue weighted by atomic mass is 10.1. The number of imidazole rings is 1. The summed E-state index contributed by atoms with van der Waals surface area (Å²) in [6.45, 7) is 5.62. The molecule has 1 aliphatic heterocycles. The van der Waals surface area contributed by atoms with Crippen LogP contribution in [0.2, 0.25) is 0 Å². The van der Waals surface area contributed by atoms with Gasteiger partial charge in [-0.15, -0.1) is 0 Å². The Balaban J connectivity index is 1.72. The third kappa shape index (κ3) is 3.24. The summed E-state index contributed by atoms with van der Waals surface area (Å²) >= 11 is 0. The molecule has 3 rings (SSSR count). The van der Waals surface area contributed by atoms with Gasteiger partial charge in [-0.25, -0.2) is 4.98 Å². The maximum Gasteiger partial charge on any atom is 0.249 e. The van der Waals surface area contributed by atoms with E-state index in [4.69, 9.17) is 0 Å². The van der Waals surface area contributed by atoms with E-state index in [9.17, 15) is 4.79 Å². The molecule has 22 heavy (non-hydrogen) atoms. The Bertz CT molecular complexity index is 523. The number of aromatic amines is 1. The van der Waals surface area contributed by atoms with Crippen molar-refractivity contribution in [2.75, 3.05) is 26.2 Å². The van der Waals surface area contributed by atoms with Crippen molar-refractivity contribution >= 4 is 5.91 Å². The average Bonchev–Trinajstić information content (AvgIpc) is 2.96. The van der Waals surface area contributed by atoms with Crippen molar-refractivity contribution < 1.29 is 4.79 Å². The lowest BCUT2D eigenvalue weighted by Crippen LogP contribution is -2.51. The molecule has 1 unspecified atom stereocenters. The van der Waals surface area contributed by atoms with Crippen LogP contribution in [0.15, 0.2) is 24.0 Å². The van der Waals surface area contributed by atoms with Crippen LogP contribution in [0.5, 0.6) is 0 Å². The van der Waals surface area contributed by atoms with Crippen LogP contribution in [0.1, 0.15) is 50.9 Å². The molecule has 1 fully saturated rings. The molecule has 5 heteroatoms. The summed E-state index contributed by atoms with van der Waals surface area (Å²) in [4.78, 5) is 24.9. The van der Waals surface area contributed by atoms with E-state index < -0.39 is 0 Å². The fourth-order valence-electron chi connectivity index (χ4n) is 3.51. The number of hydrogen-bond acceptors (Lipinski definition) is 3. The molecule has 1 atom stereocenters. The number of carbonyl (C=O) groups is 1. The third-order valence-electron chi connectivity index (χ3n) is 4.84. The maximum absolute atomic E-state index is 12.8. The zero-order valence-electron chi connectivity index (χ0n) is 13.4. The van der Waals surface area contributed by atoms with E-state index in [2.05, 4.69) is 27.9 Å². The zero-order valence-corrected chi connectivity index (χ0v) is 13.4. The van der Waals surface area contributed by atoms with Gasteiger partial charge in [0.2, 0.25) is 5.91 Å². The first-order valence-electron chi connectivity index (χ1n) is 8.51. The molecule has 1 aromatic rings. The van der Waals surface area contributed by atoms with E-state index in [1.165, 1.54) is 12.8 Å². The second kappa shape index (κ2) is 7.09. The van der Waals surface area contributed by atoms with Crippen LogP contribution in [0.3, 0.4) is 0 Å². The number of aromatic nitrogens is 2. The minimum atomic E-state index is 0.184. The van der Waals surface area contributed by atoms with Gasteiger partial charge in [-0.2, -0.15) is 0 Å². The molecule has 120 valence electrons. The van der Waals surface area contributed by atoms with Gasteiger partial charge in [-0.1, -0.05) is 19.4 Å². The van der Waals surface area contributed by atoms with E-state index in [0.29, 0.717) is 0 Å². The molecule has 1 amide bonds. The Labute approximate surface area is 132 Å². The van der Waals surface area contributed by atoms with Crippen LogP contribution in [-0.2, 0) is 4.79 Å². The van der Waals surface area contributed by atoms with Gasteiger partial charge in [-0.3, -0.25) is 9.69 Å². The molecule has 1 saturated heterocycles. The smallest absolute Gasteiger partial charge is 0.249 e. The third-order valence-corrected chi connectivity index (χ3v) is 4.84. The van der Waals surface area contributed by atoms with Crippen molar-refractivity contribution in [2.24, 2.45) is 0 Å². The molecular weight excluding hydrogens is 276 g/mol. The summed E-state index contributed by atoms with van der Waals surface area (Å²) in [6, 6.07) is 0.184. The number of nitrogens with zero attached hydrogens (tertiary/aromatic N) is 3. The molecule has 0 radical (unpaired) electrons. The molecule has 0 bridgehead atoms. The molecule has 5 nitrogen and oxygen atoms in total. The topological polar surface area (TPSA) is 52.2 Å². The molecule has 0 aromatic carbocycles.